The van der Waals surface area contributed by atoms with E-state index in [0.29, 0.717) is 40.7 Å². The van der Waals surface area contributed by atoms with Crippen molar-refractivity contribution in [3.63, 3.8) is 0 Å². The minimum absolute atomic E-state index is 0.00688. The minimum Gasteiger partial charge on any atom is -0.481 e. The average Bonchev–Trinajstić information content (AvgIpc) is 3.21. The Morgan fingerprint density at radius 2 is 1.94 bits per heavy atom. The molecule has 0 saturated heterocycles. The van der Waals surface area contributed by atoms with Gasteiger partial charge >= 0.3 is 5.97 Å². The summed E-state index contributed by atoms with van der Waals surface area (Å²) in [4.78, 5) is 26.6. The van der Waals surface area contributed by atoms with Gasteiger partial charge in [-0.3, -0.25) is 9.59 Å². The molecular formula is C27H38FN3O4. The first-order chi connectivity index (χ1) is 16.7. The normalized spacial score (nSPS) is 15.3. The maximum Gasteiger partial charge on any atom is 0.303 e. The number of halogens is 1. The second kappa shape index (κ2) is 12.2. The molecule has 0 aliphatic heterocycles. The molecule has 2 aromatic rings. The number of carbonyl (C=O) groups is 2. The van der Waals surface area contributed by atoms with Crippen LogP contribution in [0.2, 0.25) is 0 Å². The fourth-order valence-corrected chi connectivity index (χ4v) is 5.00. The number of amides is 1. The fraction of sp³-hybridized carbons (Fsp3) is 0.593. The lowest BCUT2D eigenvalue weighted by molar-refractivity contribution is -0.137. The number of benzene rings is 1. The predicted molar refractivity (Wildman–Crippen MR) is 134 cm³/mol. The third-order valence-electron chi connectivity index (χ3n) is 6.64. The number of aromatic nitrogens is 1. The predicted octanol–water partition coefficient (Wildman–Crippen LogP) is 6.07. The molecule has 0 spiro atoms. The maximum absolute atomic E-state index is 15.5. The zero-order valence-corrected chi connectivity index (χ0v) is 21.3. The van der Waals surface area contributed by atoms with Crippen LogP contribution in [0.1, 0.15) is 88.7 Å². The molecule has 192 valence electrons. The number of anilines is 2. The molecule has 1 heterocycles. The minimum atomic E-state index is -0.977. The first-order valence-electron chi connectivity index (χ1n) is 12.7. The molecule has 35 heavy (non-hydrogen) atoms. The van der Waals surface area contributed by atoms with Crippen molar-refractivity contribution in [3.8, 4) is 0 Å². The van der Waals surface area contributed by atoms with Crippen LogP contribution in [0.15, 0.2) is 22.7 Å². The van der Waals surface area contributed by atoms with E-state index < -0.39 is 17.7 Å². The van der Waals surface area contributed by atoms with Crippen LogP contribution in [-0.2, 0) is 16.0 Å². The number of aryl methyl sites for hydroxylation is 1. The van der Waals surface area contributed by atoms with Gasteiger partial charge in [-0.05, 0) is 55.7 Å². The van der Waals surface area contributed by atoms with Crippen LogP contribution in [-0.4, -0.2) is 34.7 Å². The van der Waals surface area contributed by atoms with E-state index in [-0.39, 0.29) is 24.8 Å². The van der Waals surface area contributed by atoms with E-state index >= 15 is 4.39 Å². The van der Waals surface area contributed by atoms with E-state index in [0.717, 1.165) is 32.2 Å². The number of rotatable bonds is 11. The highest BCUT2D eigenvalue weighted by Crippen LogP contribution is 2.38. The number of hydrogen-bond donors (Lipinski definition) is 2. The summed E-state index contributed by atoms with van der Waals surface area (Å²) in [7, 11) is 0. The molecule has 1 atom stereocenters. The maximum atomic E-state index is 15.5. The average molecular weight is 488 g/mol. The molecule has 1 fully saturated rings. The van der Waals surface area contributed by atoms with Crippen molar-refractivity contribution in [2.45, 2.75) is 91.0 Å². The van der Waals surface area contributed by atoms with Gasteiger partial charge in [0.2, 0.25) is 5.91 Å². The van der Waals surface area contributed by atoms with Crippen LogP contribution in [0.25, 0.3) is 0 Å². The van der Waals surface area contributed by atoms with Gasteiger partial charge in [-0.2, -0.15) is 0 Å². The van der Waals surface area contributed by atoms with Crippen molar-refractivity contribution >= 4 is 23.3 Å². The number of nitrogens with one attached hydrogen (secondary N) is 1. The molecule has 0 radical (unpaired) electrons. The standard InChI is InChI=1S/C27H38FN3O4/c1-5-19(12-27(33)34)22-14-24(29-26(32)13-21-11-18(4)30-35-21)25(15-23(22)28)31(16-17(2)3)20-9-7-6-8-10-20/h11,14-15,17,19-20H,5-10,12-13,16H2,1-4H3,(H,29,32)(H,33,34). The van der Waals surface area contributed by atoms with Crippen molar-refractivity contribution < 1.29 is 23.6 Å². The van der Waals surface area contributed by atoms with Crippen molar-refractivity contribution in [1.82, 2.24) is 5.16 Å². The first-order valence-corrected chi connectivity index (χ1v) is 12.7. The van der Waals surface area contributed by atoms with Gasteiger partial charge in [-0.25, -0.2) is 4.39 Å². The van der Waals surface area contributed by atoms with Crippen LogP contribution in [0.4, 0.5) is 15.8 Å². The molecule has 1 aromatic carbocycles. The third-order valence-corrected chi connectivity index (χ3v) is 6.64. The Morgan fingerprint density at radius 3 is 2.51 bits per heavy atom. The molecular weight excluding hydrogens is 449 g/mol. The zero-order chi connectivity index (χ0) is 25.5. The summed E-state index contributed by atoms with van der Waals surface area (Å²) in [6, 6.07) is 5.11. The monoisotopic (exact) mass is 487 g/mol. The summed E-state index contributed by atoms with van der Waals surface area (Å²) < 4.78 is 20.7. The summed E-state index contributed by atoms with van der Waals surface area (Å²) in [5, 5.41) is 16.2. The van der Waals surface area contributed by atoms with Gasteiger partial charge in [0, 0.05) is 18.7 Å². The highest BCUT2D eigenvalue weighted by Gasteiger charge is 2.28. The highest BCUT2D eigenvalue weighted by molar-refractivity contribution is 5.95. The van der Waals surface area contributed by atoms with Crippen LogP contribution < -0.4 is 10.2 Å². The largest absolute Gasteiger partial charge is 0.481 e. The number of carboxylic acids is 1. The van der Waals surface area contributed by atoms with Gasteiger partial charge in [-0.1, -0.05) is 45.2 Å². The smallest absolute Gasteiger partial charge is 0.303 e. The number of carboxylic acid groups (broad SMARTS) is 1. The van der Waals surface area contributed by atoms with Gasteiger partial charge < -0.3 is 19.8 Å². The van der Waals surface area contributed by atoms with E-state index in [1.165, 1.54) is 12.5 Å². The van der Waals surface area contributed by atoms with E-state index in [4.69, 9.17) is 4.52 Å². The molecule has 1 aromatic heterocycles. The molecule has 1 aliphatic rings. The lowest BCUT2D eigenvalue weighted by atomic mass is 9.90. The van der Waals surface area contributed by atoms with Crippen molar-refractivity contribution in [1.29, 1.82) is 0 Å². The van der Waals surface area contributed by atoms with E-state index in [1.807, 2.05) is 6.92 Å². The molecule has 2 N–H and O–H groups in total. The second-order valence-corrected chi connectivity index (χ2v) is 10.1. The Balaban J connectivity index is 2.02. The van der Waals surface area contributed by atoms with Gasteiger partial charge in [0.25, 0.3) is 0 Å². The quantitative estimate of drug-likeness (QED) is 0.400. The summed E-state index contributed by atoms with van der Waals surface area (Å²) in [6.07, 6.45) is 5.82. The van der Waals surface area contributed by atoms with Gasteiger partial charge in [0.05, 0.1) is 29.9 Å². The molecule has 0 bridgehead atoms. The van der Waals surface area contributed by atoms with E-state index in [1.54, 1.807) is 19.1 Å². The number of carbonyl (C=O) groups excluding carboxylic acids is 1. The number of nitrogens with zero attached hydrogens (tertiary/aromatic N) is 2. The molecule has 7 nitrogen and oxygen atoms in total. The van der Waals surface area contributed by atoms with E-state index in [9.17, 15) is 14.7 Å². The zero-order valence-electron chi connectivity index (χ0n) is 21.3. The number of hydrogen-bond acceptors (Lipinski definition) is 5. The third kappa shape index (κ3) is 7.29. The second-order valence-electron chi connectivity index (χ2n) is 10.1. The van der Waals surface area contributed by atoms with Gasteiger partial charge in [0.1, 0.15) is 11.6 Å². The molecule has 1 saturated carbocycles. The van der Waals surface area contributed by atoms with Crippen molar-refractivity contribution in [2.24, 2.45) is 5.92 Å². The molecule has 1 unspecified atom stereocenters. The Kier molecular flexibility index (Phi) is 9.29. The molecule has 1 amide bonds. The van der Waals surface area contributed by atoms with Crippen LogP contribution in [0, 0.1) is 18.7 Å². The van der Waals surface area contributed by atoms with Crippen molar-refractivity contribution in [3.05, 3.63) is 41.0 Å². The Hall–Kier alpha value is -2.90. The molecule has 8 heteroatoms. The van der Waals surface area contributed by atoms with Gasteiger partial charge in [0.15, 0.2) is 0 Å². The summed E-state index contributed by atoms with van der Waals surface area (Å²) in [5.74, 6) is -1.39. The summed E-state index contributed by atoms with van der Waals surface area (Å²) in [6.45, 7) is 8.63. The Bertz CT molecular complexity index is 1010. The molecule has 1 aliphatic carbocycles. The van der Waals surface area contributed by atoms with Crippen LogP contribution in [0.3, 0.4) is 0 Å². The molecule has 3 rings (SSSR count). The van der Waals surface area contributed by atoms with Crippen LogP contribution in [0.5, 0.6) is 0 Å². The summed E-state index contributed by atoms with van der Waals surface area (Å²) in [5.41, 5.74) is 2.17. The number of aliphatic carboxylic acids is 1. The van der Waals surface area contributed by atoms with Gasteiger partial charge in [-0.15, -0.1) is 0 Å². The highest BCUT2D eigenvalue weighted by atomic mass is 19.1. The lowest BCUT2D eigenvalue weighted by Crippen LogP contribution is -2.40. The van der Waals surface area contributed by atoms with Crippen molar-refractivity contribution in [2.75, 3.05) is 16.8 Å². The SMILES string of the molecule is CCC(CC(=O)O)c1cc(NC(=O)Cc2cc(C)no2)c(N(CC(C)C)C2CCCCC2)cc1F. The van der Waals surface area contributed by atoms with Crippen LogP contribution >= 0.6 is 0 Å². The lowest BCUT2D eigenvalue weighted by Gasteiger charge is -2.38. The topological polar surface area (TPSA) is 95.7 Å². The summed E-state index contributed by atoms with van der Waals surface area (Å²) >= 11 is 0. The first kappa shape index (κ1) is 26.7. The van der Waals surface area contributed by atoms with E-state index in [2.05, 4.69) is 29.2 Å². The Morgan fingerprint density at radius 1 is 1.23 bits per heavy atom. The Labute approximate surface area is 207 Å². The fourth-order valence-electron chi connectivity index (χ4n) is 5.00.